The van der Waals surface area contributed by atoms with E-state index in [-0.39, 0.29) is 0 Å². The van der Waals surface area contributed by atoms with Crippen molar-refractivity contribution in [3.63, 3.8) is 0 Å². The van der Waals surface area contributed by atoms with Crippen molar-refractivity contribution >= 4 is 6.08 Å². The fourth-order valence-corrected chi connectivity index (χ4v) is 2.32. The molecule has 73 valence electrons. The van der Waals surface area contributed by atoms with Gasteiger partial charge in [-0.15, -0.1) is 0 Å². The van der Waals surface area contributed by atoms with Crippen molar-refractivity contribution in [2.45, 2.75) is 38.0 Å². The van der Waals surface area contributed by atoms with Crippen LogP contribution in [0.15, 0.2) is 24.3 Å². The van der Waals surface area contributed by atoms with Crippen LogP contribution in [0.4, 0.5) is 0 Å². The van der Waals surface area contributed by atoms with Crippen molar-refractivity contribution in [1.82, 2.24) is 0 Å². The summed E-state index contributed by atoms with van der Waals surface area (Å²) in [5.74, 6) is 0.801. The lowest BCUT2D eigenvalue weighted by molar-refractivity contribution is 0.443. The lowest BCUT2D eigenvalue weighted by Gasteiger charge is -2.21. The normalized spacial score (nSPS) is 18.0. The van der Waals surface area contributed by atoms with Crippen LogP contribution in [0.25, 0.3) is 6.08 Å². The second-order valence-corrected chi connectivity index (χ2v) is 4.17. The van der Waals surface area contributed by atoms with E-state index < -0.39 is 0 Å². The van der Waals surface area contributed by atoms with Gasteiger partial charge >= 0.3 is 0 Å². The van der Waals surface area contributed by atoms with E-state index in [9.17, 15) is 0 Å². The molecule has 1 aromatic carbocycles. The molecule has 0 aromatic heterocycles. The van der Waals surface area contributed by atoms with Crippen LogP contribution in [0.2, 0.25) is 0 Å². The van der Waals surface area contributed by atoms with E-state index in [1.807, 2.05) is 0 Å². The average Bonchev–Trinajstić information content (AvgIpc) is 2.30. The molecule has 0 nitrogen and oxygen atoms in total. The van der Waals surface area contributed by atoms with Crippen LogP contribution in [0.5, 0.6) is 0 Å². The zero-order chi connectivity index (χ0) is 9.80. The lowest BCUT2D eigenvalue weighted by Crippen LogP contribution is -2.04. The first-order valence-electron chi connectivity index (χ1n) is 5.55. The summed E-state index contributed by atoms with van der Waals surface area (Å²) in [6.45, 7) is 5.45. The van der Waals surface area contributed by atoms with Gasteiger partial charge in [-0.25, -0.2) is 0 Å². The van der Waals surface area contributed by atoms with Gasteiger partial charge in [-0.2, -0.15) is 0 Å². The van der Waals surface area contributed by atoms with Gasteiger partial charge in [0, 0.05) is 0 Å². The van der Waals surface area contributed by atoms with Crippen LogP contribution in [-0.2, 0) is 0 Å². The Morgan fingerprint density at radius 1 is 1.00 bits per heavy atom. The molecule has 1 saturated carbocycles. The molecule has 1 aromatic rings. The van der Waals surface area contributed by atoms with E-state index in [2.05, 4.69) is 24.3 Å². The van der Waals surface area contributed by atoms with Gasteiger partial charge in [0.2, 0.25) is 0 Å². The molecular weight excluding hydrogens is 168 g/mol. The second-order valence-electron chi connectivity index (χ2n) is 4.17. The molecule has 0 aliphatic heterocycles. The third kappa shape index (κ3) is 2.06. The molecule has 0 unspecified atom stereocenters. The second kappa shape index (κ2) is 4.45. The zero-order valence-electron chi connectivity index (χ0n) is 8.58. The van der Waals surface area contributed by atoms with Crippen LogP contribution in [0, 0.1) is 6.58 Å². The van der Waals surface area contributed by atoms with Crippen molar-refractivity contribution in [3.05, 3.63) is 42.0 Å². The Balaban J connectivity index is 2.11. The number of hydrogen-bond donors (Lipinski definition) is 0. The van der Waals surface area contributed by atoms with Crippen LogP contribution < -0.4 is 0 Å². The van der Waals surface area contributed by atoms with Crippen molar-refractivity contribution in [3.8, 4) is 0 Å². The Morgan fingerprint density at radius 2 is 1.64 bits per heavy atom. The van der Waals surface area contributed by atoms with E-state index in [0.717, 1.165) is 11.5 Å². The smallest absolute Gasteiger partial charge is 0.0162 e. The minimum absolute atomic E-state index is 0.801. The summed E-state index contributed by atoms with van der Waals surface area (Å²) in [5.41, 5.74) is 2.61. The molecule has 0 heterocycles. The molecule has 1 radical (unpaired) electrons. The molecule has 1 aliphatic carbocycles. The highest BCUT2D eigenvalue weighted by Gasteiger charge is 2.14. The zero-order valence-corrected chi connectivity index (χ0v) is 8.58. The van der Waals surface area contributed by atoms with E-state index in [4.69, 9.17) is 6.58 Å². The molecule has 0 N–H and O–H groups in total. The average molecular weight is 185 g/mol. The van der Waals surface area contributed by atoms with Crippen molar-refractivity contribution in [2.24, 2.45) is 0 Å². The summed E-state index contributed by atoms with van der Waals surface area (Å²) in [6.07, 6.45) is 8.61. The number of rotatable bonds is 2. The van der Waals surface area contributed by atoms with Crippen LogP contribution in [-0.4, -0.2) is 0 Å². The predicted octanol–water partition coefficient (Wildman–Crippen LogP) is 4.18. The largest absolute Gasteiger partial charge is 0.0617 e. The molecule has 2 rings (SSSR count). The van der Waals surface area contributed by atoms with Gasteiger partial charge in [-0.05, 0) is 29.9 Å². The first-order chi connectivity index (χ1) is 6.90. The molecule has 1 fully saturated rings. The van der Waals surface area contributed by atoms with Crippen LogP contribution in [0.3, 0.4) is 0 Å². The first-order valence-corrected chi connectivity index (χ1v) is 5.55. The van der Waals surface area contributed by atoms with Gasteiger partial charge in [-0.1, -0.05) is 56.2 Å². The summed E-state index contributed by atoms with van der Waals surface area (Å²) in [7, 11) is 0. The maximum Gasteiger partial charge on any atom is -0.0162 e. The topological polar surface area (TPSA) is 0 Å². The maximum absolute atomic E-state index is 5.45. The SMILES string of the molecule is [CH]=Cc1ccc(C2CCCCC2)cc1. The van der Waals surface area contributed by atoms with Gasteiger partial charge in [0.25, 0.3) is 0 Å². The fraction of sp³-hybridized carbons (Fsp3) is 0.429. The summed E-state index contributed by atoms with van der Waals surface area (Å²) in [4.78, 5) is 0. The van der Waals surface area contributed by atoms with Gasteiger partial charge in [-0.3, -0.25) is 0 Å². The third-order valence-electron chi connectivity index (χ3n) is 3.21. The molecule has 0 spiro atoms. The van der Waals surface area contributed by atoms with E-state index in [1.54, 1.807) is 6.08 Å². The summed E-state index contributed by atoms with van der Waals surface area (Å²) in [6, 6.07) is 8.69. The lowest BCUT2D eigenvalue weighted by atomic mass is 9.84. The minimum atomic E-state index is 0.801. The third-order valence-corrected chi connectivity index (χ3v) is 3.21. The maximum atomic E-state index is 5.45. The molecular formula is C14H17. The number of hydrogen-bond acceptors (Lipinski definition) is 0. The van der Waals surface area contributed by atoms with E-state index in [1.165, 1.54) is 37.7 Å². The quantitative estimate of drug-likeness (QED) is 0.648. The van der Waals surface area contributed by atoms with Crippen LogP contribution in [0.1, 0.15) is 49.1 Å². The molecule has 14 heavy (non-hydrogen) atoms. The van der Waals surface area contributed by atoms with Crippen molar-refractivity contribution in [1.29, 1.82) is 0 Å². The molecule has 0 saturated heterocycles. The highest BCUT2D eigenvalue weighted by atomic mass is 14.2. The molecule has 0 heteroatoms. The molecule has 1 aliphatic rings. The van der Waals surface area contributed by atoms with E-state index >= 15 is 0 Å². The molecule has 0 bridgehead atoms. The van der Waals surface area contributed by atoms with Gasteiger partial charge in [0.05, 0.1) is 0 Å². The van der Waals surface area contributed by atoms with Gasteiger partial charge in [0.1, 0.15) is 0 Å². The van der Waals surface area contributed by atoms with Crippen LogP contribution >= 0.6 is 0 Å². The Labute approximate surface area is 86.7 Å². The Morgan fingerprint density at radius 3 is 2.21 bits per heavy atom. The Hall–Kier alpha value is -1.04. The van der Waals surface area contributed by atoms with Crippen molar-refractivity contribution < 1.29 is 0 Å². The highest BCUT2D eigenvalue weighted by Crippen LogP contribution is 2.32. The highest BCUT2D eigenvalue weighted by molar-refractivity contribution is 5.46. The fourth-order valence-electron chi connectivity index (χ4n) is 2.32. The molecule has 0 amide bonds. The van der Waals surface area contributed by atoms with Gasteiger partial charge < -0.3 is 0 Å². The summed E-state index contributed by atoms with van der Waals surface area (Å²) >= 11 is 0. The predicted molar refractivity (Wildman–Crippen MR) is 61.0 cm³/mol. The standard InChI is InChI=1S/C14H17/c1-2-12-8-10-14(11-9-12)13-6-4-3-5-7-13/h1-2,8-11,13H,3-7H2. The van der Waals surface area contributed by atoms with E-state index in [0.29, 0.717) is 0 Å². The minimum Gasteiger partial charge on any atom is -0.0617 e. The van der Waals surface area contributed by atoms with Crippen molar-refractivity contribution in [2.75, 3.05) is 0 Å². The number of benzene rings is 1. The molecule has 0 atom stereocenters. The first kappa shape index (κ1) is 9.51. The summed E-state index contributed by atoms with van der Waals surface area (Å²) in [5, 5.41) is 0. The Kier molecular flexibility index (Phi) is 3.03. The van der Waals surface area contributed by atoms with Gasteiger partial charge in [0.15, 0.2) is 0 Å². The Bertz CT molecular complexity index is 288. The monoisotopic (exact) mass is 185 g/mol. The summed E-state index contributed by atoms with van der Waals surface area (Å²) < 4.78 is 0.